The zero-order valence-corrected chi connectivity index (χ0v) is 22.3. The first kappa shape index (κ1) is 23.6. The lowest BCUT2D eigenvalue weighted by atomic mass is 9.30. The summed E-state index contributed by atoms with van der Waals surface area (Å²) in [6.07, 6.45) is 8.71. The summed E-state index contributed by atoms with van der Waals surface area (Å²) in [6, 6.07) is 0. The summed E-state index contributed by atoms with van der Waals surface area (Å²) < 4.78 is 6.96. The van der Waals surface area contributed by atoms with Crippen molar-refractivity contribution >= 4 is 11.6 Å². The van der Waals surface area contributed by atoms with E-state index >= 15 is 0 Å². The first-order valence-corrected chi connectivity index (χ1v) is 14.2. The summed E-state index contributed by atoms with van der Waals surface area (Å²) in [5, 5.41) is 10.4. The number of fused-ring (bicyclic) bond motifs is 4. The second-order valence-corrected chi connectivity index (χ2v) is 14.8. The van der Waals surface area contributed by atoms with Gasteiger partial charge in [-0.2, -0.15) is 0 Å². The number of Topliss-reactive ketones (excluding diaryl/α,β-unsaturated/α-hetero) is 2. The predicted octanol–water partition coefficient (Wildman–Crippen LogP) is 5.60. The number of aliphatic hydroxyl groups is 1. The van der Waals surface area contributed by atoms with Gasteiger partial charge >= 0.3 is 0 Å². The highest BCUT2D eigenvalue weighted by atomic mass is 16.5. The topological polar surface area (TPSA) is 63.6 Å². The molecule has 11 atom stereocenters. The highest BCUT2D eigenvalue weighted by Crippen LogP contribution is 2.79. The van der Waals surface area contributed by atoms with Gasteiger partial charge in [0.25, 0.3) is 0 Å². The average Bonchev–Trinajstić information content (AvgIpc) is 3.09. The summed E-state index contributed by atoms with van der Waals surface area (Å²) in [5.41, 5.74) is -1.40. The Morgan fingerprint density at radius 1 is 0.912 bits per heavy atom. The number of ketones is 2. The molecule has 2 bridgehead atoms. The molecule has 0 aromatic heterocycles. The molecule has 1 N–H and O–H groups in total. The van der Waals surface area contributed by atoms with Gasteiger partial charge in [-0.25, -0.2) is 0 Å². The van der Waals surface area contributed by atoms with E-state index in [9.17, 15) is 14.7 Å². The minimum absolute atomic E-state index is 0.000180. The third-order valence-electron chi connectivity index (χ3n) is 14.2. The average molecular weight is 471 g/mol. The van der Waals surface area contributed by atoms with Gasteiger partial charge in [0.1, 0.15) is 11.4 Å². The van der Waals surface area contributed by atoms with Crippen LogP contribution in [0.1, 0.15) is 99.3 Å². The van der Waals surface area contributed by atoms with E-state index < -0.39 is 11.0 Å². The maximum absolute atomic E-state index is 14.6. The van der Waals surface area contributed by atoms with Crippen LogP contribution in [0.3, 0.4) is 0 Å². The third-order valence-corrected chi connectivity index (χ3v) is 14.2. The number of hydrogen-bond donors (Lipinski definition) is 1. The van der Waals surface area contributed by atoms with Crippen LogP contribution in [0.5, 0.6) is 0 Å². The lowest BCUT2D eigenvalue weighted by Crippen LogP contribution is -2.75. The van der Waals surface area contributed by atoms with Crippen molar-refractivity contribution in [3.05, 3.63) is 0 Å². The Hall–Kier alpha value is -0.740. The molecule has 6 rings (SSSR count). The van der Waals surface area contributed by atoms with Crippen LogP contribution in [0.2, 0.25) is 0 Å². The van der Waals surface area contributed by atoms with Crippen molar-refractivity contribution in [2.75, 3.05) is 13.2 Å². The molecule has 0 amide bonds. The van der Waals surface area contributed by atoms with Gasteiger partial charge in [0.05, 0.1) is 18.6 Å². The molecule has 190 valence electrons. The van der Waals surface area contributed by atoms with Gasteiger partial charge in [-0.05, 0) is 79.4 Å². The number of aliphatic hydroxyl groups excluding tert-OH is 1. The molecule has 11 unspecified atom stereocenters. The van der Waals surface area contributed by atoms with Gasteiger partial charge in [-0.1, -0.05) is 41.5 Å². The molecule has 1 heterocycles. The fourth-order valence-electron chi connectivity index (χ4n) is 11.8. The number of hydrogen-bond acceptors (Lipinski definition) is 4. The molecule has 5 aliphatic carbocycles. The molecule has 5 saturated carbocycles. The van der Waals surface area contributed by atoms with Gasteiger partial charge in [-0.3, -0.25) is 9.59 Å². The van der Waals surface area contributed by atoms with Crippen molar-refractivity contribution in [2.45, 2.75) is 105 Å². The standard InChI is InChI=1S/C30H46O4/c1-18-7-12-29-14-13-28(6)27(5)11-8-20-25(3,10-9-22(32)26(20,4)16-31)21(27)15-23(33)30(28,34-17-29)24(29)19(18)2/h18-21,24,31H,7-17H2,1-6H3. The zero-order valence-electron chi connectivity index (χ0n) is 22.3. The SMILES string of the molecule is CC1CCC23CCC4(C)C5(C)CCC6C(C)(CO)C(=O)CCC6(C)C5CC(=O)C4(OC2)C3C1C. The van der Waals surface area contributed by atoms with Gasteiger partial charge in [-0.15, -0.1) is 0 Å². The maximum Gasteiger partial charge on any atom is 0.165 e. The van der Waals surface area contributed by atoms with E-state index in [-0.39, 0.29) is 45.9 Å². The Morgan fingerprint density at radius 3 is 2.35 bits per heavy atom. The molecule has 4 heteroatoms. The summed E-state index contributed by atoms with van der Waals surface area (Å²) in [5.74, 6) is 2.47. The molecule has 0 aromatic rings. The number of carbonyl (C=O) groups is 2. The van der Waals surface area contributed by atoms with E-state index in [0.717, 1.165) is 32.3 Å². The van der Waals surface area contributed by atoms with Crippen LogP contribution in [-0.2, 0) is 14.3 Å². The molecule has 34 heavy (non-hydrogen) atoms. The first-order valence-electron chi connectivity index (χ1n) is 14.2. The van der Waals surface area contributed by atoms with E-state index in [4.69, 9.17) is 4.74 Å². The Labute approximate surface area is 206 Å². The van der Waals surface area contributed by atoms with Crippen LogP contribution in [0.25, 0.3) is 0 Å². The highest BCUT2D eigenvalue weighted by molar-refractivity contribution is 5.92. The molecule has 1 saturated heterocycles. The fourth-order valence-corrected chi connectivity index (χ4v) is 11.8. The van der Waals surface area contributed by atoms with E-state index in [2.05, 4.69) is 34.6 Å². The van der Waals surface area contributed by atoms with Crippen molar-refractivity contribution in [1.29, 1.82) is 0 Å². The monoisotopic (exact) mass is 470 g/mol. The summed E-state index contributed by atoms with van der Waals surface area (Å²) in [6.45, 7) is 14.8. The first-order chi connectivity index (χ1) is 15.9. The lowest BCUT2D eigenvalue weighted by molar-refractivity contribution is -0.267. The van der Waals surface area contributed by atoms with Gasteiger partial charge < -0.3 is 9.84 Å². The third kappa shape index (κ3) is 2.27. The van der Waals surface area contributed by atoms with E-state index in [1.54, 1.807) is 0 Å². The molecule has 6 fully saturated rings. The molecule has 1 spiro atoms. The van der Waals surface area contributed by atoms with Crippen LogP contribution < -0.4 is 0 Å². The number of carbonyl (C=O) groups excluding carboxylic acids is 2. The summed E-state index contributed by atoms with van der Waals surface area (Å²) in [4.78, 5) is 27.6. The second kappa shape index (κ2) is 6.77. The zero-order chi connectivity index (χ0) is 24.5. The van der Waals surface area contributed by atoms with Crippen molar-refractivity contribution < 1.29 is 19.4 Å². The highest BCUT2D eigenvalue weighted by Gasteiger charge is 2.81. The molecule has 0 radical (unpaired) electrons. The van der Waals surface area contributed by atoms with Crippen molar-refractivity contribution in [3.8, 4) is 0 Å². The van der Waals surface area contributed by atoms with Crippen LogP contribution in [0.4, 0.5) is 0 Å². The van der Waals surface area contributed by atoms with Crippen molar-refractivity contribution in [2.24, 2.45) is 56.7 Å². The Morgan fingerprint density at radius 2 is 1.65 bits per heavy atom. The smallest absolute Gasteiger partial charge is 0.165 e. The molecule has 6 aliphatic rings. The van der Waals surface area contributed by atoms with Gasteiger partial charge in [0.2, 0.25) is 0 Å². The Balaban J connectivity index is 1.49. The number of ether oxygens (including phenoxy) is 1. The van der Waals surface area contributed by atoms with Crippen LogP contribution in [0, 0.1) is 56.7 Å². The molecule has 1 aliphatic heterocycles. The van der Waals surface area contributed by atoms with Crippen LogP contribution in [-0.4, -0.2) is 35.5 Å². The van der Waals surface area contributed by atoms with E-state index in [1.165, 1.54) is 19.3 Å². The quantitative estimate of drug-likeness (QED) is 0.542. The minimum atomic E-state index is -0.674. The largest absolute Gasteiger partial charge is 0.395 e. The summed E-state index contributed by atoms with van der Waals surface area (Å²) >= 11 is 0. The van der Waals surface area contributed by atoms with Crippen molar-refractivity contribution in [1.82, 2.24) is 0 Å². The van der Waals surface area contributed by atoms with Gasteiger partial charge in [0, 0.05) is 29.6 Å². The molecular formula is C30H46O4. The van der Waals surface area contributed by atoms with Crippen LogP contribution >= 0.6 is 0 Å². The van der Waals surface area contributed by atoms with Crippen LogP contribution in [0.15, 0.2) is 0 Å². The molecule has 0 aromatic carbocycles. The Kier molecular flexibility index (Phi) is 4.71. The second-order valence-electron chi connectivity index (χ2n) is 14.8. The van der Waals surface area contributed by atoms with E-state index in [0.29, 0.717) is 36.4 Å². The summed E-state index contributed by atoms with van der Waals surface area (Å²) in [7, 11) is 0. The lowest BCUT2D eigenvalue weighted by Gasteiger charge is -2.73. The molecule has 4 nitrogen and oxygen atoms in total. The Bertz CT molecular complexity index is 944. The van der Waals surface area contributed by atoms with E-state index in [1.807, 2.05) is 6.92 Å². The number of rotatable bonds is 1. The van der Waals surface area contributed by atoms with Gasteiger partial charge in [0.15, 0.2) is 5.78 Å². The fraction of sp³-hybridized carbons (Fsp3) is 0.933. The van der Waals surface area contributed by atoms with Crippen molar-refractivity contribution in [3.63, 3.8) is 0 Å². The normalized spacial score (nSPS) is 60.7. The molecular weight excluding hydrogens is 424 g/mol. The minimum Gasteiger partial charge on any atom is -0.395 e. The maximum atomic E-state index is 14.6. The predicted molar refractivity (Wildman–Crippen MR) is 131 cm³/mol.